The molecule has 7 heteroatoms. The van der Waals surface area contributed by atoms with Crippen molar-refractivity contribution in [1.82, 2.24) is 9.80 Å². The monoisotopic (exact) mass is 358 g/mol. The Morgan fingerprint density at radius 1 is 0.917 bits per heavy atom. The summed E-state index contributed by atoms with van der Waals surface area (Å²) in [5.74, 6) is 1.76. The number of hydrogen-bond donors (Lipinski definition) is 2. The lowest BCUT2D eigenvalue weighted by atomic mass is 10.1. The number of hydrogen-bond acceptors (Lipinski definition) is 5. The molecule has 2 rings (SSSR count). The van der Waals surface area contributed by atoms with Crippen molar-refractivity contribution in [3.8, 4) is 0 Å². The molecule has 6 nitrogen and oxygen atoms in total. The van der Waals surface area contributed by atoms with Crippen LogP contribution in [0.15, 0.2) is 0 Å². The second kappa shape index (κ2) is 10.3. The zero-order valence-electron chi connectivity index (χ0n) is 14.4. The first-order valence-corrected chi connectivity index (χ1v) is 10.2. The number of nitrogens with zero attached hydrogens (tertiary/aromatic N) is 2. The molecule has 0 bridgehead atoms. The maximum absolute atomic E-state index is 11.5. The molecule has 0 unspecified atom stereocenters. The Kier molecular flexibility index (Phi) is 8.35. The number of unbranched alkanes of at least 4 members (excludes halogenated alkanes) is 1. The molecule has 2 atom stereocenters. The molecule has 0 aromatic carbocycles. The smallest absolute Gasteiger partial charge is 0.222 e. The van der Waals surface area contributed by atoms with E-state index in [1.165, 1.54) is 0 Å². The number of carbonyl (C=O) groups is 2. The largest absolute Gasteiger partial charge is 0.390 e. The van der Waals surface area contributed by atoms with Crippen LogP contribution in [-0.2, 0) is 9.59 Å². The lowest BCUT2D eigenvalue weighted by Gasteiger charge is -2.20. The number of amides is 2. The first kappa shape index (κ1) is 19.5. The zero-order chi connectivity index (χ0) is 17.4. The Hall–Kier alpha value is -0.790. The van der Waals surface area contributed by atoms with Crippen LogP contribution in [-0.4, -0.2) is 81.7 Å². The van der Waals surface area contributed by atoms with Crippen molar-refractivity contribution in [3.63, 3.8) is 0 Å². The highest BCUT2D eigenvalue weighted by atomic mass is 32.2. The maximum Gasteiger partial charge on any atom is 0.222 e. The Balaban J connectivity index is 1.48. The molecule has 0 radical (unpaired) electrons. The third kappa shape index (κ3) is 6.26. The zero-order valence-corrected chi connectivity index (χ0v) is 15.2. The molecule has 0 spiro atoms. The quantitative estimate of drug-likeness (QED) is 0.535. The van der Waals surface area contributed by atoms with Crippen molar-refractivity contribution in [1.29, 1.82) is 0 Å². The van der Waals surface area contributed by atoms with Crippen LogP contribution in [0.1, 0.15) is 44.9 Å². The molecule has 2 N–H and O–H groups in total. The normalized spacial score (nSPS) is 20.9. The van der Waals surface area contributed by atoms with E-state index in [1.54, 1.807) is 11.8 Å². The number of thioether (sulfide) groups is 1. The molecule has 2 amide bonds. The minimum absolute atomic E-state index is 0.229. The molecule has 2 heterocycles. The Morgan fingerprint density at radius 3 is 2.12 bits per heavy atom. The molecule has 2 fully saturated rings. The van der Waals surface area contributed by atoms with Gasteiger partial charge in [-0.2, -0.15) is 11.8 Å². The van der Waals surface area contributed by atoms with Gasteiger partial charge in [-0.05, 0) is 32.1 Å². The van der Waals surface area contributed by atoms with Crippen LogP contribution < -0.4 is 0 Å². The minimum atomic E-state index is -0.724. The fourth-order valence-corrected chi connectivity index (χ4v) is 4.20. The van der Waals surface area contributed by atoms with Crippen LogP contribution in [0.5, 0.6) is 0 Å². The van der Waals surface area contributed by atoms with Gasteiger partial charge in [-0.15, -0.1) is 0 Å². The Morgan fingerprint density at radius 2 is 1.54 bits per heavy atom. The van der Waals surface area contributed by atoms with E-state index in [4.69, 9.17) is 0 Å². The average molecular weight is 359 g/mol. The summed E-state index contributed by atoms with van der Waals surface area (Å²) in [5, 5.41) is 20.0. The van der Waals surface area contributed by atoms with Crippen molar-refractivity contribution < 1.29 is 19.8 Å². The van der Waals surface area contributed by atoms with Gasteiger partial charge in [-0.1, -0.05) is 0 Å². The second-order valence-electron chi connectivity index (χ2n) is 6.67. The van der Waals surface area contributed by atoms with Gasteiger partial charge in [0.1, 0.15) is 0 Å². The van der Waals surface area contributed by atoms with Crippen molar-refractivity contribution in [2.75, 3.05) is 37.7 Å². The van der Waals surface area contributed by atoms with Crippen LogP contribution in [0.2, 0.25) is 0 Å². The van der Waals surface area contributed by atoms with Gasteiger partial charge in [0, 0.05) is 50.5 Å². The first-order valence-electron chi connectivity index (χ1n) is 9.07. The standard InChI is InChI=1S/C17H30N2O4S/c20-14(5-1-2-8-18-9-3-6-16(18)22)15(21)13-24-12-11-19-10-4-7-17(19)23/h14-15,20-21H,1-13H2/t14-,15+/m1/s1. The fraction of sp³-hybridized carbons (Fsp3) is 0.882. The number of aliphatic hydroxyl groups excluding tert-OH is 2. The predicted octanol–water partition coefficient (Wildman–Crippen LogP) is 0.857. The summed E-state index contributed by atoms with van der Waals surface area (Å²) in [5.41, 5.74) is 0. The van der Waals surface area contributed by atoms with E-state index in [0.29, 0.717) is 25.0 Å². The van der Waals surface area contributed by atoms with E-state index in [-0.39, 0.29) is 11.8 Å². The summed E-state index contributed by atoms with van der Waals surface area (Å²) in [7, 11) is 0. The summed E-state index contributed by atoms with van der Waals surface area (Å²) < 4.78 is 0. The molecule has 24 heavy (non-hydrogen) atoms. The van der Waals surface area contributed by atoms with Crippen LogP contribution in [0.4, 0.5) is 0 Å². The molecule has 0 saturated carbocycles. The van der Waals surface area contributed by atoms with E-state index in [9.17, 15) is 19.8 Å². The molecular weight excluding hydrogens is 328 g/mol. The number of rotatable bonds is 11. The molecule has 2 aliphatic rings. The van der Waals surface area contributed by atoms with E-state index < -0.39 is 12.2 Å². The van der Waals surface area contributed by atoms with Crippen molar-refractivity contribution in [2.24, 2.45) is 0 Å². The SMILES string of the molecule is O=C1CCCN1CCCC[C@@H](O)[C@@H](O)CSCCN1CCCC1=O. The van der Waals surface area contributed by atoms with E-state index in [2.05, 4.69) is 0 Å². The van der Waals surface area contributed by atoms with Crippen LogP contribution >= 0.6 is 11.8 Å². The van der Waals surface area contributed by atoms with Crippen molar-refractivity contribution in [2.45, 2.75) is 57.2 Å². The average Bonchev–Trinajstić information content (AvgIpc) is 3.16. The number of likely N-dealkylation sites (tertiary alicyclic amines) is 2. The van der Waals surface area contributed by atoms with Gasteiger partial charge < -0.3 is 20.0 Å². The van der Waals surface area contributed by atoms with Crippen LogP contribution in [0, 0.1) is 0 Å². The maximum atomic E-state index is 11.5. The first-order chi connectivity index (χ1) is 11.6. The van der Waals surface area contributed by atoms with Crippen molar-refractivity contribution in [3.05, 3.63) is 0 Å². The number of carbonyl (C=O) groups excluding carboxylic acids is 2. The highest BCUT2D eigenvalue weighted by molar-refractivity contribution is 7.99. The van der Waals surface area contributed by atoms with Crippen LogP contribution in [0.3, 0.4) is 0 Å². The highest BCUT2D eigenvalue weighted by Crippen LogP contribution is 2.15. The van der Waals surface area contributed by atoms with E-state index in [0.717, 1.165) is 57.6 Å². The molecule has 2 saturated heterocycles. The molecule has 0 aromatic rings. The lowest BCUT2D eigenvalue weighted by molar-refractivity contribution is -0.128. The summed E-state index contributed by atoms with van der Waals surface area (Å²) in [6.45, 7) is 3.21. The lowest BCUT2D eigenvalue weighted by Crippen LogP contribution is -2.30. The Bertz CT molecular complexity index is 383. The third-order valence-corrected chi connectivity index (χ3v) is 5.81. The van der Waals surface area contributed by atoms with Crippen LogP contribution in [0.25, 0.3) is 0 Å². The molecule has 0 aliphatic carbocycles. The fourth-order valence-electron chi connectivity index (χ4n) is 3.22. The summed E-state index contributed by atoms with van der Waals surface area (Å²) in [6, 6.07) is 0. The molecule has 0 aromatic heterocycles. The second-order valence-corrected chi connectivity index (χ2v) is 7.82. The van der Waals surface area contributed by atoms with E-state index >= 15 is 0 Å². The van der Waals surface area contributed by atoms with E-state index in [1.807, 2.05) is 9.80 Å². The summed E-state index contributed by atoms with van der Waals surface area (Å²) in [4.78, 5) is 26.7. The molecule has 138 valence electrons. The molecule has 2 aliphatic heterocycles. The molecular formula is C17H30N2O4S. The minimum Gasteiger partial charge on any atom is -0.390 e. The van der Waals surface area contributed by atoms with Gasteiger partial charge in [0.25, 0.3) is 0 Å². The topological polar surface area (TPSA) is 81.1 Å². The predicted molar refractivity (Wildman–Crippen MR) is 94.8 cm³/mol. The summed E-state index contributed by atoms with van der Waals surface area (Å²) in [6.07, 6.45) is 4.06. The van der Waals surface area contributed by atoms with Gasteiger partial charge in [-0.3, -0.25) is 9.59 Å². The Labute approximate surface area is 148 Å². The van der Waals surface area contributed by atoms with Gasteiger partial charge in [0.2, 0.25) is 11.8 Å². The third-order valence-electron chi connectivity index (χ3n) is 4.76. The van der Waals surface area contributed by atoms with Gasteiger partial charge in [-0.25, -0.2) is 0 Å². The van der Waals surface area contributed by atoms with Gasteiger partial charge in [0.05, 0.1) is 12.2 Å². The summed E-state index contributed by atoms with van der Waals surface area (Å²) >= 11 is 1.58. The van der Waals surface area contributed by atoms with Crippen molar-refractivity contribution >= 4 is 23.6 Å². The van der Waals surface area contributed by atoms with Gasteiger partial charge >= 0.3 is 0 Å². The number of aliphatic hydroxyl groups is 2. The van der Waals surface area contributed by atoms with Gasteiger partial charge in [0.15, 0.2) is 0 Å². The highest BCUT2D eigenvalue weighted by Gasteiger charge is 2.21.